The number of nitrogens with two attached hydrogens (primary N) is 1. The van der Waals surface area contributed by atoms with Crippen molar-refractivity contribution in [2.75, 3.05) is 0 Å². The fourth-order valence-electron chi connectivity index (χ4n) is 1.94. The lowest BCUT2D eigenvalue weighted by Crippen LogP contribution is -2.31. The first-order valence-corrected chi connectivity index (χ1v) is 6.72. The molecule has 0 atom stereocenters. The Kier molecular flexibility index (Phi) is 3.98. The molecule has 0 bridgehead atoms. The van der Waals surface area contributed by atoms with Gasteiger partial charge in [-0.15, -0.1) is 0 Å². The van der Waals surface area contributed by atoms with E-state index in [1.54, 1.807) is 36.8 Å². The van der Waals surface area contributed by atoms with Crippen LogP contribution in [0, 0.1) is 0 Å². The number of urea groups is 1. The van der Waals surface area contributed by atoms with Gasteiger partial charge in [0.25, 0.3) is 5.95 Å². The summed E-state index contributed by atoms with van der Waals surface area (Å²) in [6.45, 7) is -0.155. The fraction of sp³-hybridized carbons (Fsp3) is 0.0667. The molecule has 0 aliphatic rings. The monoisotopic (exact) mass is 314 g/mol. The van der Waals surface area contributed by atoms with Gasteiger partial charge in [0, 0.05) is 24.1 Å². The lowest BCUT2D eigenvalue weighted by molar-refractivity contribution is -0.0516. The number of imidazole rings is 1. The van der Waals surface area contributed by atoms with E-state index in [1.807, 2.05) is 22.9 Å². The number of amides is 2. The van der Waals surface area contributed by atoms with Gasteiger partial charge in [-0.25, -0.2) is 9.78 Å². The Morgan fingerprint density at radius 1 is 1.30 bits per heavy atom. The van der Waals surface area contributed by atoms with E-state index in [0.717, 1.165) is 5.69 Å². The highest BCUT2D eigenvalue weighted by atomic mass is 16.6. The minimum absolute atomic E-state index is 0.155. The van der Waals surface area contributed by atoms with E-state index in [9.17, 15) is 10.0 Å². The molecular formula is C15H14N4O4. The predicted octanol–water partition coefficient (Wildman–Crippen LogP) is 2.53. The maximum Gasteiger partial charge on any atom is 0.338 e. The maximum atomic E-state index is 10.7. The molecule has 23 heavy (non-hydrogen) atoms. The predicted molar refractivity (Wildman–Crippen MR) is 79.3 cm³/mol. The zero-order valence-electron chi connectivity index (χ0n) is 12.0. The molecule has 0 saturated heterocycles. The molecule has 0 radical (unpaired) electrons. The topological polar surface area (TPSA) is 107 Å². The molecule has 1 aromatic carbocycles. The molecule has 0 saturated carbocycles. The van der Waals surface area contributed by atoms with Crippen molar-refractivity contribution in [3.05, 3.63) is 60.9 Å². The van der Waals surface area contributed by atoms with Gasteiger partial charge in [0.05, 0.1) is 6.33 Å². The van der Waals surface area contributed by atoms with E-state index < -0.39 is 6.03 Å². The van der Waals surface area contributed by atoms with Crippen molar-refractivity contribution in [3.8, 4) is 17.4 Å². The summed E-state index contributed by atoms with van der Waals surface area (Å²) in [5.41, 5.74) is 5.88. The number of hydroxylamine groups is 2. The number of hydrogen-bond donors (Lipinski definition) is 2. The van der Waals surface area contributed by atoms with E-state index in [0.29, 0.717) is 16.6 Å². The quantitative estimate of drug-likeness (QED) is 0.556. The van der Waals surface area contributed by atoms with Gasteiger partial charge >= 0.3 is 6.03 Å². The van der Waals surface area contributed by atoms with Crippen molar-refractivity contribution in [2.24, 2.45) is 5.73 Å². The van der Waals surface area contributed by atoms with E-state index in [1.165, 1.54) is 0 Å². The minimum atomic E-state index is -0.959. The number of furan rings is 1. The van der Waals surface area contributed by atoms with Gasteiger partial charge < -0.3 is 19.5 Å². The summed E-state index contributed by atoms with van der Waals surface area (Å²) in [6.07, 6.45) is 5.24. The summed E-state index contributed by atoms with van der Waals surface area (Å²) in [7, 11) is 0. The first-order chi connectivity index (χ1) is 11.1. The molecule has 2 heterocycles. The molecule has 0 aliphatic heterocycles. The SMILES string of the molecule is NC(=O)N(O)Cc1ccc(Oc2ccc(-n3ccnc3)cc2)o1. The van der Waals surface area contributed by atoms with Crippen molar-refractivity contribution < 1.29 is 19.2 Å². The van der Waals surface area contributed by atoms with Crippen molar-refractivity contribution in [1.82, 2.24) is 14.6 Å². The van der Waals surface area contributed by atoms with Crippen LogP contribution in [0.5, 0.6) is 11.7 Å². The van der Waals surface area contributed by atoms with Crippen molar-refractivity contribution in [3.63, 3.8) is 0 Å². The molecule has 8 heteroatoms. The van der Waals surface area contributed by atoms with Crippen LogP contribution in [0.3, 0.4) is 0 Å². The van der Waals surface area contributed by atoms with Gasteiger partial charge in [0.2, 0.25) is 0 Å². The van der Waals surface area contributed by atoms with Crippen LogP contribution in [0.1, 0.15) is 5.76 Å². The van der Waals surface area contributed by atoms with Gasteiger partial charge in [-0.2, -0.15) is 5.06 Å². The number of rotatable bonds is 5. The molecule has 2 aromatic heterocycles. The van der Waals surface area contributed by atoms with Crippen molar-refractivity contribution in [2.45, 2.75) is 6.54 Å². The normalized spacial score (nSPS) is 10.5. The number of primary amides is 1. The van der Waals surface area contributed by atoms with E-state index in [4.69, 9.17) is 14.9 Å². The number of carbonyl (C=O) groups excluding carboxylic acids is 1. The van der Waals surface area contributed by atoms with Crippen LogP contribution in [0.15, 0.2) is 59.5 Å². The molecular weight excluding hydrogens is 300 g/mol. The summed E-state index contributed by atoms with van der Waals surface area (Å²) < 4.78 is 12.8. The average molecular weight is 314 g/mol. The summed E-state index contributed by atoms with van der Waals surface area (Å²) in [6, 6.07) is 9.56. The molecule has 3 aromatic rings. The summed E-state index contributed by atoms with van der Waals surface area (Å²) in [5.74, 6) is 1.18. The van der Waals surface area contributed by atoms with Gasteiger partial charge in [-0.1, -0.05) is 0 Å². The van der Waals surface area contributed by atoms with Crippen LogP contribution in [-0.4, -0.2) is 25.9 Å². The average Bonchev–Trinajstić information content (AvgIpc) is 3.20. The Morgan fingerprint density at radius 3 is 2.74 bits per heavy atom. The highest BCUT2D eigenvalue weighted by molar-refractivity contribution is 5.70. The van der Waals surface area contributed by atoms with Gasteiger partial charge in [-0.3, -0.25) is 5.21 Å². The molecule has 8 nitrogen and oxygen atoms in total. The molecule has 0 fully saturated rings. The van der Waals surface area contributed by atoms with E-state index in [-0.39, 0.29) is 12.5 Å². The number of benzene rings is 1. The molecule has 0 unspecified atom stereocenters. The number of nitrogens with zero attached hydrogens (tertiary/aromatic N) is 3. The highest BCUT2D eigenvalue weighted by Gasteiger charge is 2.11. The Hall–Kier alpha value is -3.26. The summed E-state index contributed by atoms with van der Waals surface area (Å²) >= 11 is 0. The van der Waals surface area contributed by atoms with Gasteiger partial charge in [0.15, 0.2) is 0 Å². The second-order valence-corrected chi connectivity index (χ2v) is 4.68. The second kappa shape index (κ2) is 6.24. The standard InChI is InChI=1S/C15H14N4O4/c16-15(20)19(21)9-13-5-6-14(23-13)22-12-3-1-11(2-4-12)18-8-7-17-10-18/h1-8,10,21H,9H2,(H2,16,20). The second-order valence-electron chi connectivity index (χ2n) is 4.68. The first kappa shape index (κ1) is 14.7. The van der Waals surface area contributed by atoms with Crippen LogP contribution in [0.2, 0.25) is 0 Å². The Morgan fingerprint density at radius 2 is 2.09 bits per heavy atom. The van der Waals surface area contributed by atoms with Gasteiger partial charge in [-0.05, 0) is 30.3 Å². The highest BCUT2D eigenvalue weighted by Crippen LogP contribution is 2.25. The zero-order chi connectivity index (χ0) is 16.2. The molecule has 118 valence electrons. The summed E-state index contributed by atoms with van der Waals surface area (Å²) in [4.78, 5) is 14.7. The largest absolute Gasteiger partial charge is 0.428 e. The molecule has 0 aliphatic carbocycles. The van der Waals surface area contributed by atoms with E-state index >= 15 is 0 Å². The Bertz CT molecular complexity index is 780. The van der Waals surface area contributed by atoms with Crippen molar-refractivity contribution in [1.29, 1.82) is 0 Å². The summed E-state index contributed by atoms with van der Waals surface area (Å²) in [5, 5.41) is 9.60. The van der Waals surface area contributed by atoms with Crippen LogP contribution in [0.25, 0.3) is 5.69 Å². The molecule has 2 amide bonds. The first-order valence-electron chi connectivity index (χ1n) is 6.72. The number of aromatic nitrogens is 2. The van der Waals surface area contributed by atoms with Gasteiger partial charge in [0.1, 0.15) is 18.1 Å². The maximum absolute atomic E-state index is 10.7. The third kappa shape index (κ3) is 3.50. The Balaban J connectivity index is 1.65. The van der Waals surface area contributed by atoms with Crippen molar-refractivity contribution >= 4 is 6.03 Å². The number of carbonyl (C=O) groups is 1. The molecule has 3 N–H and O–H groups in total. The van der Waals surface area contributed by atoms with Crippen LogP contribution >= 0.6 is 0 Å². The third-order valence-corrected chi connectivity index (χ3v) is 3.05. The molecule has 0 spiro atoms. The number of ether oxygens (including phenoxy) is 1. The third-order valence-electron chi connectivity index (χ3n) is 3.05. The lowest BCUT2D eigenvalue weighted by Gasteiger charge is -2.09. The molecule has 3 rings (SSSR count). The van der Waals surface area contributed by atoms with Crippen LogP contribution < -0.4 is 10.5 Å². The smallest absolute Gasteiger partial charge is 0.338 e. The van der Waals surface area contributed by atoms with Crippen LogP contribution in [0.4, 0.5) is 4.79 Å². The minimum Gasteiger partial charge on any atom is -0.428 e. The fourth-order valence-corrected chi connectivity index (χ4v) is 1.94. The Labute approximate surface area is 131 Å². The van der Waals surface area contributed by atoms with E-state index in [2.05, 4.69) is 4.98 Å². The lowest BCUT2D eigenvalue weighted by atomic mass is 10.3. The number of hydrogen-bond acceptors (Lipinski definition) is 5. The van der Waals surface area contributed by atoms with Crippen LogP contribution in [-0.2, 0) is 6.54 Å². The zero-order valence-corrected chi connectivity index (χ0v) is 12.0.